The van der Waals surface area contributed by atoms with Gasteiger partial charge in [0.05, 0.1) is 16.4 Å². The zero-order chi connectivity index (χ0) is 14.5. The highest BCUT2D eigenvalue weighted by Gasteiger charge is 2.39. The van der Waals surface area contributed by atoms with Crippen molar-refractivity contribution in [3.8, 4) is 0 Å². The Labute approximate surface area is 124 Å². The zero-order valence-corrected chi connectivity index (χ0v) is 13.9. The highest BCUT2D eigenvalue weighted by atomic mass is 33.1. The molecule has 1 saturated carbocycles. The smallest absolute Gasteiger partial charge is 0.308 e. The maximum absolute atomic E-state index is 11.6. The van der Waals surface area contributed by atoms with Crippen LogP contribution in [-0.4, -0.2) is 28.9 Å². The van der Waals surface area contributed by atoms with E-state index in [0.717, 1.165) is 12.8 Å². The van der Waals surface area contributed by atoms with Crippen LogP contribution in [0.15, 0.2) is 0 Å². The van der Waals surface area contributed by atoms with Crippen LogP contribution in [-0.2, 0) is 14.3 Å². The van der Waals surface area contributed by atoms with Gasteiger partial charge in [-0.2, -0.15) is 0 Å². The fraction of sp³-hybridized carbons (Fsp3) is 0.857. The maximum atomic E-state index is 11.6. The van der Waals surface area contributed by atoms with Crippen LogP contribution in [0.2, 0.25) is 0 Å². The van der Waals surface area contributed by atoms with Crippen LogP contribution in [0.1, 0.15) is 47.0 Å². The molecule has 3 nitrogen and oxygen atoms in total. The largest absolute Gasteiger partial charge is 0.464 e. The Balaban J connectivity index is 2.31. The van der Waals surface area contributed by atoms with Gasteiger partial charge in [-0.05, 0) is 12.8 Å². The topological polar surface area (TPSA) is 43.4 Å². The van der Waals surface area contributed by atoms with Crippen LogP contribution in [0, 0.1) is 11.8 Å². The summed E-state index contributed by atoms with van der Waals surface area (Å²) in [7, 11) is 3.34. The number of hydrogen-bond donors (Lipinski definition) is 0. The lowest BCUT2D eigenvalue weighted by Crippen LogP contribution is -2.39. The first-order valence-corrected chi connectivity index (χ1v) is 9.18. The summed E-state index contributed by atoms with van der Waals surface area (Å²) in [4.78, 5) is 23.1. The monoisotopic (exact) mass is 304 g/mol. The molecule has 1 fully saturated rings. The molecule has 1 aliphatic carbocycles. The molecule has 0 atom stereocenters. The molecule has 0 aromatic carbocycles. The fourth-order valence-electron chi connectivity index (χ4n) is 1.57. The second-order valence-electron chi connectivity index (χ2n) is 5.77. The summed E-state index contributed by atoms with van der Waals surface area (Å²) in [5.74, 6) is 0.727. The minimum atomic E-state index is -0.130. The Kier molecular flexibility index (Phi) is 6.74. The molecule has 5 heteroatoms. The Morgan fingerprint density at radius 3 is 2.21 bits per heavy atom. The van der Waals surface area contributed by atoms with Gasteiger partial charge in [-0.25, -0.2) is 0 Å². The van der Waals surface area contributed by atoms with E-state index in [4.69, 9.17) is 4.74 Å². The minimum absolute atomic E-state index is 0.0481. The third-order valence-electron chi connectivity index (χ3n) is 3.29. The van der Waals surface area contributed by atoms with Crippen LogP contribution < -0.4 is 0 Å². The summed E-state index contributed by atoms with van der Waals surface area (Å²) in [6.45, 7) is 8.03. The molecule has 1 aliphatic rings. The predicted molar refractivity (Wildman–Crippen MR) is 82.3 cm³/mol. The summed E-state index contributed by atoms with van der Waals surface area (Å²) in [5.41, 5.74) is 0. The van der Waals surface area contributed by atoms with Crippen molar-refractivity contribution in [3.05, 3.63) is 0 Å². The lowest BCUT2D eigenvalue weighted by Gasteiger charge is -2.40. The van der Waals surface area contributed by atoms with E-state index >= 15 is 0 Å². The van der Waals surface area contributed by atoms with E-state index in [9.17, 15) is 9.59 Å². The number of hydrogen-bond acceptors (Lipinski definition) is 5. The van der Waals surface area contributed by atoms with Gasteiger partial charge in [0, 0.05) is 5.92 Å². The first-order chi connectivity index (χ1) is 8.86. The molecule has 0 radical (unpaired) electrons. The van der Waals surface area contributed by atoms with E-state index in [1.807, 2.05) is 27.7 Å². The van der Waals surface area contributed by atoms with Crippen LogP contribution in [0.5, 0.6) is 0 Å². The SMILES string of the molecule is CC(C)C(=O)CSSC1(COC(=O)C(C)C)CCC1. The zero-order valence-electron chi connectivity index (χ0n) is 12.2. The molecule has 110 valence electrons. The molecule has 0 amide bonds. The second kappa shape index (κ2) is 7.58. The highest BCUT2D eigenvalue weighted by molar-refractivity contribution is 8.77. The van der Waals surface area contributed by atoms with Crippen molar-refractivity contribution in [2.75, 3.05) is 12.4 Å². The Hall–Kier alpha value is -0.160. The van der Waals surface area contributed by atoms with Crippen LogP contribution in [0.25, 0.3) is 0 Å². The van der Waals surface area contributed by atoms with Gasteiger partial charge in [0.2, 0.25) is 0 Å². The number of carbonyl (C=O) groups is 2. The lowest BCUT2D eigenvalue weighted by atomic mass is 9.85. The van der Waals surface area contributed by atoms with Crippen molar-refractivity contribution in [1.29, 1.82) is 0 Å². The lowest BCUT2D eigenvalue weighted by molar-refractivity contribution is -0.148. The third-order valence-corrected chi connectivity index (χ3v) is 6.46. The molecule has 1 rings (SSSR count). The van der Waals surface area contributed by atoms with Crippen molar-refractivity contribution in [2.24, 2.45) is 11.8 Å². The molecular weight excluding hydrogens is 280 g/mol. The van der Waals surface area contributed by atoms with Gasteiger partial charge >= 0.3 is 5.97 Å². The molecule has 0 aromatic heterocycles. The molecule has 19 heavy (non-hydrogen) atoms. The summed E-state index contributed by atoms with van der Waals surface area (Å²) >= 11 is 0. The highest BCUT2D eigenvalue weighted by Crippen LogP contribution is 2.49. The molecule has 0 aliphatic heterocycles. The van der Waals surface area contributed by atoms with E-state index in [1.165, 1.54) is 6.42 Å². The number of esters is 1. The average Bonchev–Trinajstić information content (AvgIpc) is 2.30. The summed E-state index contributed by atoms with van der Waals surface area (Å²) in [6.07, 6.45) is 3.34. The molecule has 0 bridgehead atoms. The van der Waals surface area contributed by atoms with E-state index in [0.29, 0.717) is 12.4 Å². The van der Waals surface area contributed by atoms with Gasteiger partial charge in [-0.15, -0.1) is 0 Å². The summed E-state index contributed by atoms with van der Waals surface area (Å²) in [5, 5.41) is 0. The Morgan fingerprint density at radius 2 is 1.79 bits per heavy atom. The van der Waals surface area contributed by atoms with Gasteiger partial charge in [0.1, 0.15) is 12.4 Å². The molecule has 0 aromatic rings. The summed E-state index contributed by atoms with van der Waals surface area (Å²) in [6, 6.07) is 0. The molecule has 0 spiro atoms. The third kappa shape index (κ3) is 5.38. The molecule has 0 heterocycles. The summed E-state index contributed by atoms with van der Waals surface area (Å²) < 4.78 is 5.41. The Bertz CT molecular complexity index is 323. The predicted octanol–water partition coefficient (Wildman–Crippen LogP) is 3.71. The van der Waals surface area contributed by atoms with Crippen LogP contribution in [0.3, 0.4) is 0 Å². The first kappa shape index (κ1) is 16.9. The van der Waals surface area contributed by atoms with Gasteiger partial charge < -0.3 is 4.74 Å². The van der Waals surface area contributed by atoms with Gasteiger partial charge in [0.15, 0.2) is 0 Å². The molecule has 0 N–H and O–H groups in total. The van der Waals surface area contributed by atoms with Crippen molar-refractivity contribution < 1.29 is 14.3 Å². The Morgan fingerprint density at radius 1 is 1.16 bits per heavy atom. The van der Waals surface area contributed by atoms with Gasteiger partial charge in [0.25, 0.3) is 0 Å². The number of rotatable bonds is 8. The van der Waals surface area contributed by atoms with Gasteiger partial charge in [-0.3, -0.25) is 9.59 Å². The molecule has 0 unspecified atom stereocenters. The van der Waals surface area contributed by atoms with Crippen molar-refractivity contribution in [2.45, 2.75) is 51.7 Å². The van der Waals surface area contributed by atoms with Crippen molar-refractivity contribution in [3.63, 3.8) is 0 Å². The quantitative estimate of drug-likeness (QED) is 0.505. The second-order valence-corrected chi connectivity index (χ2v) is 8.53. The minimum Gasteiger partial charge on any atom is -0.464 e. The van der Waals surface area contributed by atoms with E-state index in [2.05, 4.69) is 0 Å². The average molecular weight is 304 g/mol. The normalized spacial score (nSPS) is 17.4. The number of ketones is 1. The molecule has 0 saturated heterocycles. The molecular formula is C14H24O3S2. The standard InChI is InChI=1S/C14H24O3S2/c1-10(2)12(15)8-18-19-14(6-5-7-14)9-17-13(16)11(3)4/h10-11H,5-9H2,1-4H3. The van der Waals surface area contributed by atoms with E-state index < -0.39 is 0 Å². The van der Waals surface area contributed by atoms with Crippen molar-refractivity contribution >= 4 is 33.3 Å². The number of Topliss-reactive ketones (excluding diaryl/α,β-unsaturated/α-hetero) is 1. The van der Waals surface area contributed by atoms with Gasteiger partial charge in [-0.1, -0.05) is 55.7 Å². The van der Waals surface area contributed by atoms with Crippen LogP contribution >= 0.6 is 21.6 Å². The van der Waals surface area contributed by atoms with Crippen molar-refractivity contribution in [1.82, 2.24) is 0 Å². The van der Waals surface area contributed by atoms with E-state index in [-0.39, 0.29) is 28.3 Å². The maximum Gasteiger partial charge on any atom is 0.308 e. The van der Waals surface area contributed by atoms with E-state index in [1.54, 1.807) is 21.6 Å². The first-order valence-electron chi connectivity index (χ1n) is 6.86. The number of carbonyl (C=O) groups excluding carboxylic acids is 2. The number of ether oxygens (including phenoxy) is 1. The fourth-order valence-corrected chi connectivity index (χ4v) is 4.81. The van der Waals surface area contributed by atoms with Crippen LogP contribution in [0.4, 0.5) is 0 Å².